The molecular weight excluding hydrogens is 254 g/mol. The van der Waals surface area contributed by atoms with E-state index in [1.807, 2.05) is 6.92 Å². The van der Waals surface area contributed by atoms with E-state index in [1.54, 1.807) is 7.05 Å². The van der Waals surface area contributed by atoms with Crippen LogP contribution in [0.15, 0.2) is 23.2 Å². The second-order valence-corrected chi connectivity index (χ2v) is 6.37. The number of nitrogen functional groups attached to an aromatic ring is 1. The number of likely N-dealkylation sites (N-methyl/N-ethyl adjacent to an activating group) is 1. The molecule has 6 nitrogen and oxygen atoms in total. The molecule has 1 aromatic heterocycles. The Hall–Kier alpha value is -1.18. The first-order chi connectivity index (χ1) is 8.43. The molecule has 2 rings (SSSR count). The quantitative estimate of drug-likeness (QED) is 0.863. The topological polar surface area (TPSA) is 85.5 Å². The first-order valence-corrected chi connectivity index (χ1v) is 7.18. The molecule has 2 atom stereocenters. The summed E-state index contributed by atoms with van der Waals surface area (Å²) >= 11 is 0. The van der Waals surface area contributed by atoms with E-state index in [2.05, 4.69) is 4.98 Å². The minimum atomic E-state index is -3.54. The molecule has 0 spiro atoms. The van der Waals surface area contributed by atoms with E-state index in [9.17, 15) is 8.42 Å². The summed E-state index contributed by atoms with van der Waals surface area (Å²) in [6.07, 6.45) is 1.90. The van der Waals surface area contributed by atoms with Gasteiger partial charge in [-0.3, -0.25) is 0 Å². The molecule has 0 aromatic carbocycles. The second-order valence-electron chi connectivity index (χ2n) is 4.37. The molecule has 1 saturated heterocycles. The van der Waals surface area contributed by atoms with Gasteiger partial charge in [0.05, 0.1) is 12.1 Å². The van der Waals surface area contributed by atoms with Crippen LogP contribution in [-0.2, 0) is 14.8 Å². The highest BCUT2D eigenvalue weighted by Gasteiger charge is 2.35. The first-order valence-electron chi connectivity index (χ1n) is 5.74. The minimum absolute atomic E-state index is 0.0912. The fourth-order valence-corrected chi connectivity index (χ4v) is 3.48. The van der Waals surface area contributed by atoms with Crippen molar-refractivity contribution in [3.8, 4) is 0 Å². The molecule has 1 aliphatic heterocycles. The highest BCUT2D eigenvalue weighted by atomic mass is 32.2. The van der Waals surface area contributed by atoms with Crippen molar-refractivity contribution in [2.24, 2.45) is 0 Å². The fraction of sp³-hybridized carbons (Fsp3) is 0.545. The zero-order valence-electron chi connectivity index (χ0n) is 10.4. The highest BCUT2D eigenvalue weighted by molar-refractivity contribution is 7.89. The lowest BCUT2D eigenvalue weighted by Gasteiger charge is -2.25. The van der Waals surface area contributed by atoms with Crippen LogP contribution in [0.2, 0.25) is 0 Å². The van der Waals surface area contributed by atoms with E-state index in [1.165, 1.54) is 22.6 Å². The molecule has 7 heteroatoms. The standard InChI is InChI=1S/C11H17N3O3S/c1-8-10(5-6-17-8)14(2)18(15,16)9-3-4-11(12)13-7-9/h3-4,7-8,10H,5-6H2,1-2H3,(H2,12,13). The number of hydrogen-bond acceptors (Lipinski definition) is 5. The smallest absolute Gasteiger partial charge is 0.244 e. The molecule has 0 saturated carbocycles. The second kappa shape index (κ2) is 4.83. The van der Waals surface area contributed by atoms with Crippen molar-refractivity contribution in [3.05, 3.63) is 18.3 Å². The Morgan fingerprint density at radius 3 is 2.72 bits per heavy atom. The van der Waals surface area contributed by atoms with Gasteiger partial charge in [-0.25, -0.2) is 13.4 Å². The molecule has 1 aliphatic rings. The van der Waals surface area contributed by atoms with E-state index in [0.29, 0.717) is 18.8 Å². The molecule has 2 N–H and O–H groups in total. The molecular formula is C11H17N3O3S. The number of sulfonamides is 1. The van der Waals surface area contributed by atoms with Gasteiger partial charge >= 0.3 is 0 Å². The van der Waals surface area contributed by atoms with Gasteiger partial charge in [0.25, 0.3) is 0 Å². The highest BCUT2D eigenvalue weighted by Crippen LogP contribution is 2.24. The lowest BCUT2D eigenvalue weighted by Crippen LogP contribution is -2.40. The number of rotatable bonds is 3. The Balaban J connectivity index is 2.28. The lowest BCUT2D eigenvalue weighted by atomic mass is 10.2. The summed E-state index contributed by atoms with van der Waals surface area (Å²) in [7, 11) is -1.97. The van der Waals surface area contributed by atoms with Crippen LogP contribution in [0.5, 0.6) is 0 Å². The Morgan fingerprint density at radius 1 is 1.50 bits per heavy atom. The van der Waals surface area contributed by atoms with Gasteiger partial charge in [-0.15, -0.1) is 0 Å². The lowest BCUT2D eigenvalue weighted by molar-refractivity contribution is 0.102. The van der Waals surface area contributed by atoms with Gasteiger partial charge in [0.1, 0.15) is 10.7 Å². The molecule has 0 radical (unpaired) electrons. The molecule has 0 amide bonds. The van der Waals surface area contributed by atoms with Gasteiger partial charge in [-0.1, -0.05) is 0 Å². The maximum Gasteiger partial charge on any atom is 0.244 e. The number of anilines is 1. The third kappa shape index (κ3) is 2.33. The maximum absolute atomic E-state index is 12.4. The predicted molar refractivity (Wildman–Crippen MR) is 67.4 cm³/mol. The van der Waals surface area contributed by atoms with Crippen LogP contribution >= 0.6 is 0 Å². The van der Waals surface area contributed by atoms with Gasteiger partial charge < -0.3 is 10.5 Å². The number of ether oxygens (including phenoxy) is 1. The summed E-state index contributed by atoms with van der Waals surface area (Å²) in [5.74, 6) is 0.300. The average molecular weight is 271 g/mol. The van der Waals surface area contributed by atoms with Crippen LogP contribution in [0.1, 0.15) is 13.3 Å². The van der Waals surface area contributed by atoms with Crippen molar-refractivity contribution in [2.75, 3.05) is 19.4 Å². The van der Waals surface area contributed by atoms with E-state index in [-0.39, 0.29) is 17.0 Å². The van der Waals surface area contributed by atoms with Crippen molar-refractivity contribution in [1.29, 1.82) is 0 Å². The Morgan fingerprint density at radius 2 is 2.22 bits per heavy atom. The predicted octanol–water partition coefficient (Wildman–Crippen LogP) is 0.462. The van der Waals surface area contributed by atoms with Crippen molar-refractivity contribution in [1.82, 2.24) is 9.29 Å². The SMILES string of the molecule is CC1OCCC1N(C)S(=O)(=O)c1ccc(N)nc1. The number of hydrogen-bond donors (Lipinski definition) is 1. The van der Waals surface area contributed by atoms with E-state index in [4.69, 9.17) is 10.5 Å². The Labute approximate surface area is 107 Å². The zero-order chi connectivity index (χ0) is 13.3. The molecule has 1 fully saturated rings. The largest absolute Gasteiger partial charge is 0.384 e. The van der Waals surface area contributed by atoms with Gasteiger partial charge in [-0.05, 0) is 25.5 Å². The van der Waals surface area contributed by atoms with Crippen molar-refractivity contribution in [2.45, 2.75) is 30.4 Å². The molecule has 18 heavy (non-hydrogen) atoms. The molecule has 1 aromatic rings. The normalized spacial score (nSPS) is 24.6. The summed E-state index contributed by atoms with van der Waals surface area (Å²) in [5.41, 5.74) is 5.45. The number of pyridine rings is 1. The molecule has 0 aliphatic carbocycles. The zero-order valence-corrected chi connectivity index (χ0v) is 11.2. The summed E-state index contributed by atoms with van der Waals surface area (Å²) < 4.78 is 31.5. The van der Waals surface area contributed by atoms with Crippen LogP contribution in [-0.4, -0.2) is 43.5 Å². The Bertz CT molecular complexity index is 515. The van der Waals surface area contributed by atoms with Gasteiger partial charge in [0, 0.05) is 19.9 Å². The number of nitrogens with two attached hydrogens (primary N) is 1. The molecule has 2 heterocycles. The third-order valence-electron chi connectivity index (χ3n) is 3.24. The van der Waals surface area contributed by atoms with Crippen LogP contribution < -0.4 is 5.73 Å². The minimum Gasteiger partial charge on any atom is -0.384 e. The number of nitrogens with zero attached hydrogens (tertiary/aromatic N) is 2. The summed E-state index contributed by atoms with van der Waals surface area (Å²) in [6, 6.07) is 2.82. The van der Waals surface area contributed by atoms with Crippen molar-refractivity contribution < 1.29 is 13.2 Å². The Kier molecular flexibility index (Phi) is 3.56. The average Bonchev–Trinajstić information content (AvgIpc) is 2.75. The molecule has 0 bridgehead atoms. The van der Waals surface area contributed by atoms with Crippen LogP contribution in [0.4, 0.5) is 5.82 Å². The van der Waals surface area contributed by atoms with Gasteiger partial charge in [0.15, 0.2) is 0 Å². The van der Waals surface area contributed by atoms with Crippen molar-refractivity contribution >= 4 is 15.8 Å². The van der Waals surface area contributed by atoms with Crippen molar-refractivity contribution in [3.63, 3.8) is 0 Å². The first kappa shape index (κ1) is 13.3. The molecule has 100 valence electrons. The summed E-state index contributed by atoms with van der Waals surface area (Å²) in [5, 5.41) is 0. The van der Waals surface area contributed by atoms with Crippen LogP contribution in [0.25, 0.3) is 0 Å². The summed E-state index contributed by atoms with van der Waals surface area (Å²) in [6.45, 7) is 2.47. The summed E-state index contributed by atoms with van der Waals surface area (Å²) in [4.78, 5) is 3.97. The third-order valence-corrected chi connectivity index (χ3v) is 5.11. The van der Waals surface area contributed by atoms with Crippen LogP contribution in [0, 0.1) is 0 Å². The monoisotopic (exact) mass is 271 g/mol. The maximum atomic E-state index is 12.4. The van der Waals surface area contributed by atoms with Gasteiger partial charge in [0.2, 0.25) is 10.0 Å². The molecule has 2 unspecified atom stereocenters. The van der Waals surface area contributed by atoms with E-state index < -0.39 is 10.0 Å². The van der Waals surface area contributed by atoms with E-state index in [0.717, 1.165) is 0 Å². The number of aromatic nitrogens is 1. The van der Waals surface area contributed by atoms with E-state index >= 15 is 0 Å². The van der Waals surface area contributed by atoms with Gasteiger partial charge in [-0.2, -0.15) is 4.31 Å². The fourth-order valence-electron chi connectivity index (χ4n) is 2.09. The van der Waals surface area contributed by atoms with Crippen LogP contribution in [0.3, 0.4) is 0 Å².